The van der Waals surface area contributed by atoms with E-state index < -0.39 is 11.7 Å². The fourth-order valence-electron chi connectivity index (χ4n) is 0.821. The molecular formula is C9H6Cl2FNO. The van der Waals surface area contributed by atoms with Crippen molar-refractivity contribution in [3.05, 3.63) is 40.7 Å². The van der Waals surface area contributed by atoms with E-state index in [1.807, 2.05) is 0 Å². The van der Waals surface area contributed by atoms with Gasteiger partial charge in [0.05, 0.1) is 10.0 Å². The van der Waals surface area contributed by atoms with E-state index in [4.69, 9.17) is 23.2 Å². The molecule has 1 aromatic rings. The Morgan fingerprint density at radius 1 is 1.43 bits per heavy atom. The monoisotopic (exact) mass is 233 g/mol. The molecular weight excluding hydrogens is 228 g/mol. The molecule has 0 fully saturated rings. The van der Waals surface area contributed by atoms with Gasteiger partial charge in [0.15, 0.2) is 5.82 Å². The highest BCUT2D eigenvalue weighted by Crippen LogP contribution is 2.27. The quantitative estimate of drug-likeness (QED) is 0.617. The first-order valence-electron chi connectivity index (χ1n) is 3.62. The van der Waals surface area contributed by atoms with Gasteiger partial charge in [-0.1, -0.05) is 29.8 Å². The first-order chi connectivity index (χ1) is 6.54. The fraction of sp³-hybridized carbons (Fsp3) is 0. The Kier molecular flexibility index (Phi) is 3.49. The molecule has 0 aliphatic heterocycles. The standard InChI is InChI=1S/C9H6Cl2FNO/c1-2-8(14)13-5-3-6(10)9(12)7(11)4-5/h2-4H,1H2,(H,13,14). The van der Waals surface area contributed by atoms with Crippen molar-refractivity contribution in [2.75, 3.05) is 5.32 Å². The van der Waals surface area contributed by atoms with Crippen LogP contribution < -0.4 is 5.32 Å². The number of carbonyl (C=O) groups is 1. The molecule has 0 aliphatic rings. The molecule has 0 saturated heterocycles. The molecule has 1 rings (SSSR count). The lowest BCUT2D eigenvalue weighted by molar-refractivity contribution is -0.111. The van der Waals surface area contributed by atoms with Crippen molar-refractivity contribution in [3.63, 3.8) is 0 Å². The SMILES string of the molecule is C=CC(=O)Nc1cc(Cl)c(F)c(Cl)c1. The Morgan fingerprint density at radius 3 is 2.36 bits per heavy atom. The van der Waals surface area contributed by atoms with Gasteiger partial charge in [-0.05, 0) is 18.2 Å². The predicted octanol–water partition coefficient (Wildman–Crippen LogP) is 3.26. The molecule has 0 spiro atoms. The Labute approximate surface area is 90.3 Å². The van der Waals surface area contributed by atoms with Gasteiger partial charge >= 0.3 is 0 Å². The minimum Gasteiger partial charge on any atom is -0.322 e. The van der Waals surface area contributed by atoms with Gasteiger partial charge in [0.1, 0.15) is 0 Å². The highest BCUT2D eigenvalue weighted by Gasteiger charge is 2.08. The number of nitrogens with one attached hydrogen (secondary N) is 1. The molecule has 74 valence electrons. The van der Waals surface area contributed by atoms with Gasteiger partial charge in [0, 0.05) is 5.69 Å². The average molecular weight is 234 g/mol. The third-order valence-corrected chi connectivity index (χ3v) is 1.99. The van der Waals surface area contributed by atoms with E-state index in [2.05, 4.69) is 11.9 Å². The molecule has 1 amide bonds. The van der Waals surface area contributed by atoms with Crippen LogP contribution in [0.5, 0.6) is 0 Å². The van der Waals surface area contributed by atoms with Crippen molar-refractivity contribution in [1.82, 2.24) is 0 Å². The smallest absolute Gasteiger partial charge is 0.247 e. The molecule has 0 heterocycles. The lowest BCUT2D eigenvalue weighted by atomic mass is 10.3. The normalized spacial score (nSPS) is 9.64. The largest absolute Gasteiger partial charge is 0.322 e. The van der Waals surface area contributed by atoms with Gasteiger partial charge in [0.25, 0.3) is 0 Å². The second kappa shape index (κ2) is 4.44. The zero-order valence-corrected chi connectivity index (χ0v) is 8.49. The summed E-state index contributed by atoms with van der Waals surface area (Å²) in [5.74, 6) is -1.12. The van der Waals surface area contributed by atoms with E-state index in [1.165, 1.54) is 12.1 Å². The van der Waals surface area contributed by atoms with Crippen molar-refractivity contribution in [3.8, 4) is 0 Å². The number of halogens is 3. The van der Waals surface area contributed by atoms with E-state index in [9.17, 15) is 9.18 Å². The number of hydrogen-bond donors (Lipinski definition) is 1. The zero-order chi connectivity index (χ0) is 10.7. The fourth-order valence-corrected chi connectivity index (χ4v) is 1.31. The molecule has 0 saturated carbocycles. The van der Waals surface area contributed by atoms with E-state index in [0.29, 0.717) is 5.69 Å². The Balaban J connectivity index is 3.01. The maximum atomic E-state index is 12.9. The molecule has 2 nitrogen and oxygen atoms in total. The van der Waals surface area contributed by atoms with Gasteiger partial charge in [-0.3, -0.25) is 4.79 Å². The minimum absolute atomic E-state index is 0.142. The summed E-state index contributed by atoms with van der Waals surface area (Å²) in [6, 6.07) is 2.54. The van der Waals surface area contributed by atoms with Crippen LogP contribution in [0.15, 0.2) is 24.8 Å². The summed E-state index contributed by atoms with van der Waals surface area (Å²) >= 11 is 11.0. The van der Waals surface area contributed by atoms with Gasteiger partial charge in [-0.2, -0.15) is 0 Å². The van der Waals surface area contributed by atoms with Crippen LogP contribution in [0, 0.1) is 5.82 Å². The maximum Gasteiger partial charge on any atom is 0.247 e. The predicted molar refractivity (Wildman–Crippen MR) is 55.2 cm³/mol. The average Bonchev–Trinajstić information content (AvgIpc) is 2.14. The summed E-state index contributed by atoms with van der Waals surface area (Å²) in [7, 11) is 0. The molecule has 0 aliphatic carbocycles. The minimum atomic E-state index is -0.704. The van der Waals surface area contributed by atoms with E-state index in [-0.39, 0.29) is 10.0 Å². The molecule has 0 bridgehead atoms. The molecule has 5 heteroatoms. The third-order valence-electron chi connectivity index (χ3n) is 1.44. The van der Waals surface area contributed by atoms with Crippen LogP contribution in [0.4, 0.5) is 10.1 Å². The molecule has 1 aromatic carbocycles. The Bertz CT molecular complexity index is 369. The van der Waals surface area contributed by atoms with E-state index in [1.54, 1.807) is 0 Å². The number of anilines is 1. The highest BCUT2D eigenvalue weighted by molar-refractivity contribution is 6.35. The molecule has 0 radical (unpaired) electrons. The Hall–Kier alpha value is -1.06. The first-order valence-corrected chi connectivity index (χ1v) is 4.38. The van der Waals surface area contributed by atoms with Crippen molar-refractivity contribution < 1.29 is 9.18 Å². The summed E-state index contributed by atoms with van der Waals surface area (Å²) in [5.41, 5.74) is 0.325. The van der Waals surface area contributed by atoms with Crippen LogP contribution in [0.3, 0.4) is 0 Å². The van der Waals surface area contributed by atoms with E-state index >= 15 is 0 Å². The van der Waals surface area contributed by atoms with Crippen LogP contribution in [-0.4, -0.2) is 5.91 Å². The zero-order valence-electron chi connectivity index (χ0n) is 6.98. The summed E-state index contributed by atoms with van der Waals surface area (Å²) in [4.78, 5) is 10.9. The molecule has 0 aromatic heterocycles. The number of benzene rings is 1. The van der Waals surface area contributed by atoms with Crippen molar-refractivity contribution >= 4 is 34.8 Å². The summed E-state index contributed by atoms with van der Waals surface area (Å²) < 4.78 is 12.9. The van der Waals surface area contributed by atoms with Crippen molar-refractivity contribution in [2.45, 2.75) is 0 Å². The second-order valence-electron chi connectivity index (χ2n) is 2.45. The molecule has 1 N–H and O–H groups in total. The maximum absolute atomic E-state index is 12.9. The van der Waals surface area contributed by atoms with Crippen molar-refractivity contribution in [1.29, 1.82) is 0 Å². The summed E-state index contributed by atoms with van der Waals surface area (Å²) in [6.07, 6.45) is 1.09. The van der Waals surface area contributed by atoms with Crippen LogP contribution in [0.2, 0.25) is 10.0 Å². The van der Waals surface area contributed by atoms with Gasteiger partial charge in [-0.15, -0.1) is 0 Å². The first kappa shape index (κ1) is 11.0. The summed E-state index contributed by atoms with van der Waals surface area (Å²) in [6.45, 7) is 3.27. The molecule has 0 unspecified atom stereocenters. The number of carbonyl (C=O) groups excluding carboxylic acids is 1. The number of rotatable bonds is 2. The van der Waals surface area contributed by atoms with Crippen LogP contribution >= 0.6 is 23.2 Å². The van der Waals surface area contributed by atoms with Crippen LogP contribution in [0.1, 0.15) is 0 Å². The van der Waals surface area contributed by atoms with E-state index in [0.717, 1.165) is 6.08 Å². The van der Waals surface area contributed by atoms with Crippen LogP contribution in [-0.2, 0) is 4.79 Å². The second-order valence-corrected chi connectivity index (χ2v) is 3.26. The van der Waals surface area contributed by atoms with Gasteiger partial charge in [0.2, 0.25) is 5.91 Å². The lowest BCUT2D eigenvalue weighted by Gasteiger charge is -2.04. The molecule has 0 atom stereocenters. The summed E-state index contributed by atoms with van der Waals surface area (Å²) in [5, 5.41) is 2.12. The lowest BCUT2D eigenvalue weighted by Crippen LogP contribution is -2.07. The molecule has 14 heavy (non-hydrogen) atoms. The highest BCUT2D eigenvalue weighted by atomic mass is 35.5. The Morgan fingerprint density at radius 2 is 1.93 bits per heavy atom. The van der Waals surface area contributed by atoms with Gasteiger partial charge < -0.3 is 5.32 Å². The van der Waals surface area contributed by atoms with Crippen LogP contribution in [0.25, 0.3) is 0 Å². The third kappa shape index (κ3) is 2.47. The van der Waals surface area contributed by atoms with Gasteiger partial charge in [-0.25, -0.2) is 4.39 Å². The number of amides is 1. The van der Waals surface area contributed by atoms with Crippen molar-refractivity contribution in [2.24, 2.45) is 0 Å². The number of hydrogen-bond acceptors (Lipinski definition) is 1. The topological polar surface area (TPSA) is 29.1 Å².